The van der Waals surface area contributed by atoms with Crippen LogP contribution in [0.15, 0.2) is 71.2 Å². The Kier molecular flexibility index (Phi) is 4.62. The van der Waals surface area contributed by atoms with E-state index < -0.39 is 0 Å². The quantitative estimate of drug-likeness (QED) is 0.608. The average Bonchev–Trinajstić information content (AvgIpc) is 2.94. The Bertz CT molecular complexity index is 827. The fraction of sp³-hybridized carbons (Fsp3) is 0.143. The van der Waals surface area contributed by atoms with E-state index in [1.54, 1.807) is 0 Å². The average molecular weight is 303 g/mol. The minimum absolute atomic E-state index is 0.830. The van der Waals surface area contributed by atoms with Gasteiger partial charge in [-0.15, -0.1) is 0 Å². The molecule has 0 saturated carbocycles. The van der Waals surface area contributed by atoms with E-state index in [0.29, 0.717) is 0 Å². The van der Waals surface area contributed by atoms with E-state index in [0.717, 1.165) is 28.8 Å². The van der Waals surface area contributed by atoms with Crippen LogP contribution in [0.2, 0.25) is 0 Å². The van der Waals surface area contributed by atoms with Gasteiger partial charge in [-0.1, -0.05) is 54.6 Å². The van der Waals surface area contributed by atoms with Gasteiger partial charge in [-0.2, -0.15) is 0 Å². The van der Waals surface area contributed by atoms with E-state index in [1.807, 2.05) is 37.3 Å². The van der Waals surface area contributed by atoms with Gasteiger partial charge in [0.2, 0.25) is 0 Å². The molecule has 2 aromatic carbocycles. The van der Waals surface area contributed by atoms with E-state index in [-0.39, 0.29) is 0 Å². The topological polar surface area (TPSA) is 16.4 Å². The van der Waals surface area contributed by atoms with Crippen LogP contribution < -0.4 is 4.90 Å². The first kappa shape index (κ1) is 15.2. The molecule has 0 aliphatic rings. The van der Waals surface area contributed by atoms with Gasteiger partial charge in [0.05, 0.1) is 0 Å². The smallest absolute Gasteiger partial charge is 0.135 e. The summed E-state index contributed by atoms with van der Waals surface area (Å²) in [7, 11) is 2.09. The van der Waals surface area contributed by atoms with Crippen molar-refractivity contribution in [2.45, 2.75) is 6.92 Å². The third-order valence-corrected chi connectivity index (χ3v) is 3.84. The molecule has 0 aliphatic heterocycles. The highest BCUT2D eigenvalue weighted by atomic mass is 16.3. The molecule has 2 heteroatoms. The van der Waals surface area contributed by atoms with Gasteiger partial charge >= 0.3 is 0 Å². The maximum atomic E-state index is 5.98. The Morgan fingerprint density at radius 1 is 0.957 bits per heavy atom. The first-order chi connectivity index (χ1) is 11.3. The molecule has 0 atom stereocenters. The van der Waals surface area contributed by atoms with E-state index in [1.165, 1.54) is 5.69 Å². The van der Waals surface area contributed by atoms with Crippen molar-refractivity contribution in [3.05, 3.63) is 78.1 Å². The predicted octanol–water partition coefficient (Wildman–Crippen LogP) is 5.62. The number of rotatable bonds is 5. The van der Waals surface area contributed by atoms with Crippen molar-refractivity contribution >= 4 is 28.8 Å². The molecule has 0 aliphatic carbocycles. The van der Waals surface area contributed by atoms with E-state index in [4.69, 9.17) is 4.42 Å². The molecule has 3 rings (SSSR count). The van der Waals surface area contributed by atoms with E-state index >= 15 is 0 Å². The van der Waals surface area contributed by atoms with Crippen molar-refractivity contribution < 1.29 is 4.42 Å². The second-order valence-corrected chi connectivity index (χ2v) is 5.49. The molecule has 0 unspecified atom stereocenters. The summed E-state index contributed by atoms with van der Waals surface area (Å²) in [6.07, 6.45) is 8.35. The standard InChI is InChI=1S/C21H21NO/c1-3-10-18-19-13-7-8-14-20(19)23-21(18)15-9-16-22(2)17-11-5-4-6-12-17/h3-15H,16H2,1-2H3/b10-3-,15-9-. The highest BCUT2D eigenvalue weighted by Gasteiger charge is 2.08. The van der Waals surface area contributed by atoms with Crippen LogP contribution in [0.1, 0.15) is 18.2 Å². The van der Waals surface area contributed by atoms with Crippen LogP contribution in [-0.4, -0.2) is 13.6 Å². The van der Waals surface area contributed by atoms with Crippen molar-refractivity contribution in [3.8, 4) is 0 Å². The lowest BCUT2D eigenvalue weighted by molar-refractivity contribution is 0.603. The van der Waals surface area contributed by atoms with E-state index in [9.17, 15) is 0 Å². The Morgan fingerprint density at radius 3 is 2.48 bits per heavy atom. The van der Waals surface area contributed by atoms with Gasteiger partial charge in [0, 0.05) is 30.2 Å². The highest BCUT2D eigenvalue weighted by molar-refractivity contribution is 5.90. The van der Waals surface area contributed by atoms with Gasteiger partial charge in [-0.3, -0.25) is 0 Å². The molecule has 116 valence electrons. The molecular weight excluding hydrogens is 282 g/mol. The molecule has 1 heterocycles. The first-order valence-corrected chi connectivity index (χ1v) is 7.86. The van der Waals surface area contributed by atoms with Gasteiger partial charge < -0.3 is 9.32 Å². The zero-order valence-electron chi connectivity index (χ0n) is 13.6. The highest BCUT2D eigenvalue weighted by Crippen LogP contribution is 2.28. The van der Waals surface area contributed by atoms with Crippen LogP contribution in [-0.2, 0) is 0 Å². The minimum atomic E-state index is 0.830. The molecule has 1 aromatic heterocycles. The van der Waals surface area contributed by atoms with Crippen LogP contribution in [0.3, 0.4) is 0 Å². The lowest BCUT2D eigenvalue weighted by atomic mass is 10.1. The number of hydrogen-bond acceptors (Lipinski definition) is 2. The number of anilines is 1. The van der Waals surface area contributed by atoms with Crippen molar-refractivity contribution in [1.29, 1.82) is 0 Å². The van der Waals surface area contributed by atoms with Crippen molar-refractivity contribution in [2.75, 3.05) is 18.5 Å². The van der Waals surface area contributed by atoms with Gasteiger partial charge in [0.1, 0.15) is 11.3 Å². The van der Waals surface area contributed by atoms with Crippen LogP contribution in [0.4, 0.5) is 5.69 Å². The lowest BCUT2D eigenvalue weighted by Crippen LogP contribution is -2.16. The van der Waals surface area contributed by atoms with Crippen molar-refractivity contribution in [3.63, 3.8) is 0 Å². The van der Waals surface area contributed by atoms with Crippen molar-refractivity contribution in [2.24, 2.45) is 0 Å². The molecule has 3 aromatic rings. The molecule has 0 amide bonds. The number of likely N-dealkylation sites (N-methyl/N-ethyl adjacent to an activating group) is 1. The largest absolute Gasteiger partial charge is 0.456 e. The normalized spacial score (nSPS) is 11.7. The molecule has 23 heavy (non-hydrogen) atoms. The second kappa shape index (κ2) is 7.01. The summed E-state index contributed by atoms with van der Waals surface area (Å²) >= 11 is 0. The zero-order chi connectivity index (χ0) is 16.1. The third-order valence-electron chi connectivity index (χ3n) is 3.84. The number of para-hydroxylation sites is 2. The summed E-state index contributed by atoms with van der Waals surface area (Å²) in [6, 6.07) is 18.5. The number of benzene rings is 2. The molecule has 0 spiro atoms. The van der Waals surface area contributed by atoms with Crippen LogP contribution in [0.25, 0.3) is 23.1 Å². The lowest BCUT2D eigenvalue weighted by Gasteiger charge is -2.16. The molecule has 0 N–H and O–H groups in total. The Labute approximate surface area is 137 Å². The number of furan rings is 1. The van der Waals surface area contributed by atoms with Crippen LogP contribution in [0, 0.1) is 0 Å². The summed E-state index contributed by atoms with van der Waals surface area (Å²) < 4.78 is 5.98. The Morgan fingerprint density at radius 2 is 1.70 bits per heavy atom. The van der Waals surface area contributed by atoms with Gasteiger partial charge in [0.15, 0.2) is 0 Å². The fourth-order valence-corrected chi connectivity index (χ4v) is 2.65. The van der Waals surface area contributed by atoms with Crippen molar-refractivity contribution in [1.82, 2.24) is 0 Å². The maximum absolute atomic E-state index is 5.98. The monoisotopic (exact) mass is 303 g/mol. The SMILES string of the molecule is C/C=C\c1c(/C=C\CN(C)c2ccccc2)oc2ccccc12. The van der Waals surface area contributed by atoms with Crippen LogP contribution in [0.5, 0.6) is 0 Å². The minimum Gasteiger partial charge on any atom is -0.456 e. The molecular formula is C21H21NO. The number of nitrogens with zero attached hydrogens (tertiary/aromatic N) is 1. The molecule has 0 bridgehead atoms. The second-order valence-electron chi connectivity index (χ2n) is 5.49. The Balaban J connectivity index is 1.82. The van der Waals surface area contributed by atoms with Gasteiger partial charge in [0.25, 0.3) is 0 Å². The number of allylic oxidation sites excluding steroid dienone is 1. The van der Waals surface area contributed by atoms with Crippen LogP contribution >= 0.6 is 0 Å². The number of fused-ring (bicyclic) bond motifs is 1. The predicted molar refractivity (Wildman–Crippen MR) is 99.7 cm³/mol. The molecule has 2 nitrogen and oxygen atoms in total. The maximum Gasteiger partial charge on any atom is 0.135 e. The summed E-state index contributed by atoms with van der Waals surface area (Å²) in [6.45, 7) is 2.86. The zero-order valence-corrected chi connectivity index (χ0v) is 13.6. The van der Waals surface area contributed by atoms with Gasteiger partial charge in [-0.25, -0.2) is 0 Å². The molecule has 0 saturated heterocycles. The fourth-order valence-electron chi connectivity index (χ4n) is 2.65. The summed E-state index contributed by atoms with van der Waals surface area (Å²) in [5, 5.41) is 1.15. The summed E-state index contributed by atoms with van der Waals surface area (Å²) in [5.41, 5.74) is 3.27. The van der Waals surface area contributed by atoms with Gasteiger partial charge in [-0.05, 0) is 31.2 Å². The summed E-state index contributed by atoms with van der Waals surface area (Å²) in [5.74, 6) is 0.908. The summed E-state index contributed by atoms with van der Waals surface area (Å²) in [4.78, 5) is 2.20. The molecule has 0 fully saturated rings. The first-order valence-electron chi connectivity index (χ1n) is 7.86. The van der Waals surface area contributed by atoms with E-state index in [2.05, 4.69) is 60.5 Å². The molecule has 0 radical (unpaired) electrons. The number of hydrogen-bond donors (Lipinski definition) is 0. The third kappa shape index (κ3) is 3.37. The Hall–Kier alpha value is -2.74.